The molecule has 2 aromatic carbocycles. The first-order valence-corrected chi connectivity index (χ1v) is 5.80. The number of fused-ring (bicyclic) bond motifs is 2. The molecule has 1 heterocycles. The summed E-state index contributed by atoms with van der Waals surface area (Å²) in [6.45, 7) is 0. The van der Waals surface area contributed by atoms with Gasteiger partial charge in [-0.25, -0.2) is 0 Å². The van der Waals surface area contributed by atoms with E-state index in [1.54, 1.807) is 0 Å². The van der Waals surface area contributed by atoms with Crippen LogP contribution in [0.3, 0.4) is 0 Å². The summed E-state index contributed by atoms with van der Waals surface area (Å²) in [5.41, 5.74) is 4.23. The SMILES string of the molecule is CN1c2ccccc2C=Nc2cc(Cl)ccc21. The molecule has 2 nitrogen and oxygen atoms in total. The summed E-state index contributed by atoms with van der Waals surface area (Å²) in [7, 11) is 2.04. The predicted octanol–water partition coefficient (Wildman–Crippen LogP) is 4.17. The van der Waals surface area contributed by atoms with Gasteiger partial charge in [0.05, 0.1) is 11.4 Å². The van der Waals surface area contributed by atoms with Gasteiger partial charge in [-0.2, -0.15) is 0 Å². The van der Waals surface area contributed by atoms with Gasteiger partial charge in [0.15, 0.2) is 0 Å². The fraction of sp³-hybridized carbons (Fsp3) is 0.0714. The zero-order valence-electron chi connectivity index (χ0n) is 9.39. The van der Waals surface area contributed by atoms with Crippen molar-refractivity contribution in [3.05, 3.63) is 53.1 Å². The number of benzene rings is 2. The van der Waals surface area contributed by atoms with Gasteiger partial charge < -0.3 is 4.90 Å². The molecule has 0 saturated heterocycles. The van der Waals surface area contributed by atoms with Crippen LogP contribution in [0, 0.1) is 0 Å². The lowest BCUT2D eigenvalue weighted by Gasteiger charge is -2.20. The lowest BCUT2D eigenvalue weighted by Crippen LogP contribution is -2.10. The number of nitrogens with zero attached hydrogens (tertiary/aromatic N) is 2. The fourth-order valence-electron chi connectivity index (χ4n) is 2.05. The van der Waals surface area contributed by atoms with Gasteiger partial charge in [0, 0.05) is 29.5 Å². The van der Waals surface area contributed by atoms with E-state index in [0.717, 1.165) is 22.6 Å². The van der Waals surface area contributed by atoms with E-state index in [9.17, 15) is 0 Å². The third-order valence-electron chi connectivity index (χ3n) is 2.94. The second-order valence-electron chi connectivity index (χ2n) is 4.01. The first-order valence-electron chi connectivity index (χ1n) is 5.42. The van der Waals surface area contributed by atoms with Crippen LogP contribution in [0.1, 0.15) is 5.56 Å². The average Bonchev–Trinajstić information content (AvgIpc) is 2.48. The highest BCUT2D eigenvalue weighted by molar-refractivity contribution is 6.31. The molecule has 0 aliphatic carbocycles. The van der Waals surface area contributed by atoms with Crippen molar-refractivity contribution in [1.29, 1.82) is 0 Å². The molecule has 1 aliphatic heterocycles. The minimum atomic E-state index is 0.709. The van der Waals surface area contributed by atoms with Gasteiger partial charge in [0.25, 0.3) is 0 Å². The maximum atomic E-state index is 6.00. The highest BCUT2D eigenvalue weighted by atomic mass is 35.5. The standard InChI is InChI=1S/C14H11ClN2/c1-17-13-5-3-2-4-10(13)9-16-12-8-11(15)6-7-14(12)17/h2-9H,1H3. The molecule has 0 saturated carbocycles. The fourth-order valence-corrected chi connectivity index (χ4v) is 2.22. The number of anilines is 2. The zero-order valence-corrected chi connectivity index (χ0v) is 10.1. The Bertz CT molecular complexity index is 605. The topological polar surface area (TPSA) is 15.6 Å². The smallest absolute Gasteiger partial charge is 0.0881 e. The monoisotopic (exact) mass is 242 g/mol. The van der Waals surface area contributed by atoms with E-state index >= 15 is 0 Å². The zero-order chi connectivity index (χ0) is 11.8. The van der Waals surface area contributed by atoms with Crippen molar-refractivity contribution >= 4 is 34.9 Å². The summed E-state index contributed by atoms with van der Waals surface area (Å²) in [4.78, 5) is 6.62. The number of para-hydroxylation sites is 1. The third kappa shape index (κ3) is 1.71. The van der Waals surface area contributed by atoms with Crippen LogP contribution >= 0.6 is 11.6 Å². The van der Waals surface area contributed by atoms with Crippen LogP contribution in [0.5, 0.6) is 0 Å². The Morgan fingerprint density at radius 3 is 2.76 bits per heavy atom. The Kier molecular flexibility index (Phi) is 2.37. The van der Waals surface area contributed by atoms with Gasteiger partial charge in [-0.3, -0.25) is 4.99 Å². The van der Waals surface area contributed by atoms with Crippen LogP contribution in [0.15, 0.2) is 47.5 Å². The first kappa shape index (κ1) is 10.4. The first-order chi connectivity index (χ1) is 8.25. The van der Waals surface area contributed by atoms with Crippen molar-refractivity contribution in [3.63, 3.8) is 0 Å². The van der Waals surface area contributed by atoms with Crippen LogP contribution in [0.25, 0.3) is 0 Å². The Morgan fingerprint density at radius 2 is 1.88 bits per heavy atom. The maximum Gasteiger partial charge on any atom is 0.0881 e. The maximum absolute atomic E-state index is 6.00. The largest absolute Gasteiger partial charge is 0.342 e. The number of hydrogen-bond acceptors (Lipinski definition) is 2. The summed E-state index contributed by atoms with van der Waals surface area (Å²) in [6.07, 6.45) is 1.88. The Morgan fingerprint density at radius 1 is 1.06 bits per heavy atom. The van der Waals surface area contributed by atoms with Gasteiger partial charge in [-0.15, -0.1) is 0 Å². The van der Waals surface area contributed by atoms with E-state index in [2.05, 4.69) is 22.0 Å². The number of aliphatic imine (C=N–C) groups is 1. The molecular weight excluding hydrogens is 232 g/mol. The van der Waals surface area contributed by atoms with Gasteiger partial charge >= 0.3 is 0 Å². The van der Waals surface area contributed by atoms with E-state index < -0.39 is 0 Å². The Hall–Kier alpha value is -1.80. The van der Waals surface area contributed by atoms with Crippen molar-refractivity contribution in [1.82, 2.24) is 0 Å². The van der Waals surface area contributed by atoms with E-state index in [1.807, 2.05) is 43.6 Å². The summed E-state index contributed by atoms with van der Waals surface area (Å²) >= 11 is 6.00. The van der Waals surface area contributed by atoms with Crippen molar-refractivity contribution < 1.29 is 0 Å². The molecule has 2 aromatic rings. The number of hydrogen-bond donors (Lipinski definition) is 0. The molecule has 3 rings (SSSR count). The summed E-state index contributed by atoms with van der Waals surface area (Å²) in [5, 5.41) is 0.709. The molecule has 0 spiro atoms. The molecule has 17 heavy (non-hydrogen) atoms. The second-order valence-corrected chi connectivity index (χ2v) is 4.45. The summed E-state index contributed by atoms with van der Waals surface area (Å²) in [5.74, 6) is 0. The van der Waals surface area contributed by atoms with Crippen molar-refractivity contribution in [3.8, 4) is 0 Å². The van der Waals surface area contributed by atoms with Crippen LogP contribution in [-0.2, 0) is 0 Å². The highest BCUT2D eigenvalue weighted by Gasteiger charge is 2.14. The van der Waals surface area contributed by atoms with Crippen LogP contribution < -0.4 is 4.90 Å². The van der Waals surface area contributed by atoms with Gasteiger partial charge in [-0.1, -0.05) is 29.8 Å². The predicted molar refractivity (Wildman–Crippen MR) is 73.2 cm³/mol. The Balaban J connectivity index is 2.24. The van der Waals surface area contributed by atoms with Crippen LogP contribution in [0.2, 0.25) is 5.02 Å². The molecule has 84 valence electrons. The van der Waals surface area contributed by atoms with Crippen molar-refractivity contribution in [2.45, 2.75) is 0 Å². The van der Waals surface area contributed by atoms with Crippen molar-refractivity contribution in [2.75, 3.05) is 11.9 Å². The van der Waals surface area contributed by atoms with E-state index in [-0.39, 0.29) is 0 Å². The minimum absolute atomic E-state index is 0.709. The summed E-state index contributed by atoms with van der Waals surface area (Å²) in [6, 6.07) is 14.0. The van der Waals surface area contributed by atoms with Crippen molar-refractivity contribution in [2.24, 2.45) is 4.99 Å². The third-order valence-corrected chi connectivity index (χ3v) is 3.17. The minimum Gasteiger partial charge on any atom is -0.342 e. The quantitative estimate of drug-likeness (QED) is 0.677. The van der Waals surface area contributed by atoms with Gasteiger partial charge in [0.1, 0.15) is 0 Å². The van der Waals surface area contributed by atoms with E-state index in [1.165, 1.54) is 0 Å². The molecule has 0 N–H and O–H groups in total. The second kappa shape index (κ2) is 3.90. The van der Waals surface area contributed by atoms with E-state index in [4.69, 9.17) is 11.6 Å². The lowest BCUT2D eigenvalue weighted by atomic mass is 10.1. The molecule has 3 heteroatoms. The molecule has 0 radical (unpaired) electrons. The molecule has 0 bridgehead atoms. The van der Waals surface area contributed by atoms with Crippen LogP contribution in [-0.4, -0.2) is 13.3 Å². The molecule has 0 aromatic heterocycles. The summed E-state index contributed by atoms with van der Waals surface area (Å²) < 4.78 is 0. The number of rotatable bonds is 0. The normalized spacial score (nSPS) is 12.9. The van der Waals surface area contributed by atoms with Crippen LogP contribution in [0.4, 0.5) is 17.1 Å². The molecule has 0 amide bonds. The van der Waals surface area contributed by atoms with E-state index in [0.29, 0.717) is 5.02 Å². The lowest BCUT2D eigenvalue weighted by molar-refractivity contribution is 1.21. The highest BCUT2D eigenvalue weighted by Crippen LogP contribution is 2.38. The average molecular weight is 243 g/mol. The molecule has 0 unspecified atom stereocenters. The van der Waals surface area contributed by atoms with Gasteiger partial charge in [0.2, 0.25) is 0 Å². The van der Waals surface area contributed by atoms with Gasteiger partial charge in [-0.05, 0) is 24.3 Å². The Labute approximate surface area is 105 Å². The number of halogens is 1. The molecule has 0 fully saturated rings. The molecule has 1 aliphatic rings. The molecule has 0 atom stereocenters. The molecular formula is C14H11ClN2.